The van der Waals surface area contributed by atoms with E-state index in [1.165, 1.54) is 128 Å². The van der Waals surface area contributed by atoms with Gasteiger partial charge in [0.2, 0.25) is 5.91 Å². The monoisotopic (exact) mass is 1320 g/mol. The van der Waals surface area contributed by atoms with Crippen molar-refractivity contribution in [2.75, 3.05) is 26.4 Å². The third-order valence-corrected chi connectivity index (χ3v) is 18.0. The molecule has 17 unspecified atom stereocenters. The molecule has 0 aromatic rings. The quantitative estimate of drug-likeness (QED) is 0.0199. The lowest BCUT2D eigenvalue weighted by Crippen LogP contribution is -2.66. The second-order valence-corrected chi connectivity index (χ2v) is 26.0. The van der Waals surface area contributed by atoms with Crippen molar-refractivity contribution in [2.24, 2.45) is 0 Å². The molecule has 540 valence electrons. The van der Waals surface area contributed by atoms with Crippen molar-refractivity contribution < 1.29 is 89.4 Å². The van der Waals surface area contributed by atoms with Gasteiger partial charge in [-0.3, -0.25) is 4.79 Å². The van der Waals surface area contributed by atoms with Gasteiger partial charge in [-0.1, -0.05) is 260 Å². The van der Waals surface area contributed by atoms with E-state index in [9.17, 15) is 61.0 Å². The van der Waals surface area contributed by atoms with Crippen LogP contribution in [0.3, 0.4) is 0 Å². The fourth-order valence-electron chi connectivity index (χ4n) is 12.1. The van der Waals surface area contributed by atoms with Crippen LogP contribution in [0.25, 0.3) is 0 Å². The Morgan fingerprint density at radius 2 is 0.742 bits per heavy atom. The smallest absolute Gasteiger partial charge is 0.220 e. The van der Waals surface area contributed by atoms with Crippen LogP contribution in [-0.4, -0.2) is 193 Å². The second-order valence-electron chi connectivity index (χ2n) is 26.0. The molecule has 3 fully saturated rings. The first-order chi connectivity index (χ1) is 45.3. The van der Waals surface area contributed by atoms with Gasteiger partial charge in [-0.15, -0.1) is 0 Å². The molecular formula is C74H131NO18. The lowest BCUT2D eigenvalue weighted by atomic mass is 9.96. The molecule has 93 heavy (non-hydrogen) atoms. The highest BCUT2D eigenvalue weighted by molar-refractivity contribution is 5.76. The first-order valence-corrected chi connectivity index (χ1v) is 36.7. The number of rotatable bonds is 56. The zero-order valence-electron chi connectivity index (χ0n) is 57.2. The first-order valence-electron chi connectivity index (χ1n) is 36.7. The van der Waals surface area contributed by atoms with Crippen molar-refractivity contribution in [3.8, 4) is 0 Å². The van der Waals surface area contributed by atoms with E-state index in [1.807, 2.05) is 0 Å². The van der Waals surface area contributed by atoms with Crippen LogP contribution in [-0.2, 0) is 33.2 Å². The number of hydrogen-bond donors (Lipinski definition) is 12. The fourth-order valence-corrected chi connectivity index (χ4v) is 12.1. The summed E-state index contributed by atoms with van der Waals surface area (Å²) in [6.07, 6.45) is 42.5. The molecule has 0 radical (unpaired) electrons. The van der Waals surface area contributed by atoms with Crippen LogP contribution in [0, 0.1) is 0 Å². The van der Waals surface area contributed by atoms with Crippen molar-refractivity contribution in [1.82, 2.24) is 5.32 Å². The molecule has 3 saturated heterocycles. The van der Waals surface area contributed by atoms with Crippen LogP contribution in [0.1, 0.15) is 258 Å². The number of nitrogens with one attached hydrogen (secondary N) is 1. The van der Waals surface area contributed by atoms with Gasteiger partial charge in [-0.25, -0.2) is 0 Å². The highest BCUT2D eigenvalue weighted by Crippen LogP contribution is 2.33. The standard InChI is InChI=1S/C74H131NO18/c1-3-5-7-9-11-13-15-17-19-21-23-24-25-26-27-28-29-30-31-32-34-36-38-40-42-44-46-48-50-52-62(80)75-57(58(79)51-49-47-45-43-41-39-37-35-33-22-20-18-16-14-12-10-8-6-4-2)56-88-72-68(86)65(83)70(60(54-77)90-72)93-74-69(87)66(84)71(61(55-78)91-74)92-73-67(85)64(82)63(81)59(53-76)89-73/h5,7,11,13,17,19,23-24,26-27,29-30,57-61,63-74,76-79,81-87H,3-4,6,8-10,12,14-16,18,20-22,25,28,31-56H2,1-2H3,(H,75,80)/b7-5-,13-11-,19-17-,24-23-,27-26-,30-29-. The zero-order chi connectivity index (χ0) is 67.5. The summed E-state index contributed by atoms with van der Waals surface area (Å²) in [6.45, 7) is 1.70. The van der Waals surface area contributed by atoms with Gasteiger partial charge in [0.25, 0.3) is 0 Å². The van der Waals surface area contributed by atoms with Crippen LogP contribution in [0.2, 0.25) is 0 Å². The van der Waals surface area contributed by atoms with Crippen molar-refractivity contribution in [2.45, 2.75) is 362 Å². The maximum absolute atomic E-state index is 13.5. The molecule has 0 spiro atoms. The molecule has 17 atom stereocenters. The van der Waals surface area contributed by atoms with Crippen molar-refractivity contribution in [1.29, 1.82) is 0 Å². The van der Waals surface area contributed by atoms with Gasteiger partial charge >= 0.3 is 0 Å². The van der Waals surface area contributed by atoms with Crippen LogP contribution < -0.4 is 5.32 Å². The number of aliphatic hydroxyl groups excluding tert-OH is 11. The number of unbranched alkanes of at least 4 members (excludes halogenated alkanes) is 28. The van der Waals surface area contributed by atoms with Crippen LogP contribution in [0.5, 0.6) is 0 Å². The minimum atomic E-state index is -1.98. The van der Waals surface area contributed by atoms with Crippen LogP contribution >= 0.6 is 0 Å². The molecule has 3 rings (SSSR count). The average molecular weight is 1320 g/mol. The minimum absolute atomic E-state index is 0.248. The van der Waals surface area contributed by atoms with E-state index in [0.717, 1.165) is 96.3 Å². The molecule has 3 heterocycles. The summed E-state index contributed by atoms with van der Waals surface area (Å²) >= 11 is 0. The number of carbonyl (C=O) groups is 1. The number of allylic oxidation sites excluding steroid dienone is 12. The Balaban J connectivity index is 1.40. The highest BCUT2D eigenvalue weighted by Gasteiger charge is 2.53. The Morgan fingerprint density at radius 3 is 1.16 bits per heavy atom. The lowest BCUT2D eigenvalue weighted by Gasteiger charge is -2.48. The Labute approximate surface area is 559 Å². The molecule has 0 saturated carbocycles. The second kappa shape index (κ2) is 55.1. The number of carbonyl (C=O) groups excluding carboxylic acids is 1. The van der Waals surface area contributed by atoms with Gasteiger partial charge in [-0.05, 0) is 64.2 Å². The third kappa shape index (κ3) is 36.6. The lowest BCUT2D eigenvalue weighted by molar-refractivity contribution is -0.379. The molecule has 0 bridgehead atoms. The Morgan fingerprint density at radius 1 is 0.398 bits per heavy atom. The SMILES string of the molecule is CC/C=C\C/C=C\C/C=C\C/C=C\C/C=C\C/C=C\CCCCCCCCCCCCC(=O)NC(COC1OC(CO)C(OC2OC(CO)C(OC3OC(CO)C(O)C(O)C3O)C(O)C2O)C(O)C1O)C(O)CCCCCCCCCCCCCCCCCCCCC. The van der Waals surface area contributed by atoms with E-state index in [4.69, 9.17) is 28.4 Å². The predicted molar refractivity (Wildman–Crippen MR) is 365 cm³/mol. The van der Waals surface area contributed by atoms with Crippen molar-refractivity contribution in [3.05, 3.63) is 72.9 Å². The van der Waals surface area contributed by atoms with E-state index in [0.29, 0.717) is 12.8 Å². The third-order valence-electron chi connectivity index (χ3n) is 18.0. The number of amides is 1. The van der Waals surface area contributed by atoms with Gasteiger partial charge in [0.1, 0.15) is 73.2 Å². The van der Waals surface area contributed by atoms with Gasteiger partial charge in [0, 0.05) is 6.42 Å². The van der Waals surface area contributed by atoms with Gasteiger partial charge in [-0.2, -0.15) is 0 Å². The highest BCUT2D eigenvalue weighted by atomic mass is 16.8. The molecule has 0 aromatic carbocycles. The molecule has 3 aliphatic heterocycles. The van der Waals surface area contributed by atoms with Crippen molar-refractivity contribution in [3.63, 3.8) is 0 Å². The molecular weight excluding hydrogens is 1190 g/mol. The zero-order valence-corrected chi connectivity index (χ0v) is 57.2. The van der Waals surface area contributed by atoms with Crippen LogP contribution in [0.15, 0.2) is 72.9 Å². The number of aliphatic hydroxyl groups is 11. The molecule has 1 amide bonds. The van der Waals surface area contributed by atoms with E-state index < -0.39 is 124 Å². The van der Waals surface area contributed by atoms with Gasteiger partial charge < -0.3 is 89.9 Å². The van der Waals surface area contributed by atoms with Gasteiger partial charge in [0.05, 0.1) is 38.6 Å². The number of ether oxygens (including phenoxy) is 6. The molecule has 19 heteroatoms. The first kappa shape index (κ1) is 84.5. The van der Waals surface area contributed by atoms with Crippen LogP contribution in [0.4, 0.5) is 0 Å². The average Bonchev–Trinajstić information content (AvgIpc) is 1.00. The van der Waals surface area contributed by atoms with E-state index in [2.05, 4.69) is 92.1 Å². The molecule has 19 nitrogen and oxygen atoms in total. The Kier molecular flexibility index (Phi) is 50.1. The van der Waals surface area contributed by atoms with Gasteiger partial charge in [0.15, 0.2) is 18.9 Å². The largest absolute Gasteiger partial charge is 0.394 e. The summed E-state index contributed by atoms with van der Waals surface area (Å²) in [5.41, 5.74) is 0. The van der Waals surface area contributed by atoms with E-state index in [-0.39, 0.29) is 18.9 Å². The molecule has 0 aromatic heterocycles. The Hall–Kier alpha value is -2.77. The topological polar surface area (TPSA) is 307 Å². The molecule has 0 aliphatic carbocycles. The minimum Gasteiger partial charge on any atom is -0.394 e. The Bertz CT molecular complexity index is 1970. The summed E-state index contributed by atoms with van der Waals surface area (Å²) < 4.78 is 34.5. The molecule has 12 N–H and O–H groups in total. The maximum Gasteiger partial charge on any atom is 0.220 e. The predicted octanol–water partition coefficient (Wildman–Crippen LogP) is 10.5. The van der Waals surface area contributed by atoms with Crippen molar-refractivity contribution >= 4 is 5.91 Å². The maximum atomic E-state index is 13.5. The van der Waals surface area contributed by atoms with E-state index >= 15 is 0 Å². The summed E-state index contributed by atoms with van der Waals surface area (Å²) in [6, 6.07) is -0.894. The summed E-state index contributed by atoms with van der Waals surface area (Å²) in [7, 11) is 0. The molecule has 3 aliphatic rings. The summed E-state index contributed by atoms with van der Waals surface area (Å²) in [5, 5.41) is 121. The van der Waals surface area contributed by atoms with E-state index in [1.54, 1.807) is 0 Å². The number of hydrogen-bond acceptors (Lipinski definition) is 18. The normalized spacial score (nSPS) is 27.9. The summed E-state index contributed by atoms with van der Waals surface area (Å²) in [5.74, 6) is -0.248. The fraction of sp³-hybridized carbons (Fsp3) is 0.824. The summed E-state index contributed by atoms with van der Waals surface area (Å²) in [4.78, 5) is 13.5.